The maximum absolute atomic E-state index is 13.3. The van der Waals surface area contributed by atoms with Gasteiger partial charge in [0.2, 0.25) is 0 Å². The van der Waals surface area contributed by atoms with E-state index in [1.165, 1.54) is 4.57 Å². The number of carbonyl (C=O) groups excluding carboxylic acids is 1. The normalized spacial score (nSPS) is 18.8. The van der Waals surface area contributed by atoms with E-state index in [0.717, 1.165) is 5.56 Å². The first-order valence-corrected chi connectivity index (χ1v) is 11.1. The molecule has 2 heterocycles. The number of benzene rings is 2. The van der Waals surface area contributed by atoms with E-state index in [1.54, 1.807) is 25.3 Å². The first-order chi connectivity index (χ1) is 15.5. The fourth-order valence-electron chi connectivity index (χ4n) is 4.11. The molecule has 4 rings (SSSR count). The molecule has 2 atom stereocenters. The zero-order valence-electron chi connectivity index (χ0n) is 18.2. The van der Waals surface area contributed by atoms with Crippen LogP contribution in [0.2, 0.25) is 0 Å². The Morgan fingerprint density at radius 2 is 2.00 bits per heavy atom. The number of carbonyl (C=O) groups is 1. The van der Waals surface area contributed by atoms with E-state index in [4.69, 9.17) is 21.7 Å². The second kappa shape index (κ2) is 9.77. The number of fused-ring (bicyclic) bond motifs is 1. The van der Waals surface area contributed by atoms with Gasteiger partial charge in [-0.25, -0.2) is 0 Å². The molecule has 32 heavy (non-hydrogen) atoms. The first-order valence-electron chi connectivity index (χ1n) is 10.7. The van der Waals surface area contributed by atoms with Gasteiger partial charge in [0.05, 0.1) is 23.6 Å². The van der Waals surface area contributed by atoms with E-state index < -0.39 is 0 Å². The number of rotatable bonds is 6. The Balaban J connectivity index is 1.60. The lowest BCUT2D eigenvalue weighted by Gasteiger charge is -2.37. The second-order valence-corrected chi connectivity index (χ2v) is 8.44. The lowest BCUT2D eigenvalue weighted by atomic mass is 10.1. The first kappa shape index (κ1) is 22.4. The van der Waals surface area contributed by atoms with Crippen molar-refractivity contribution in [2.75, 3.05) is 26.8 Å². The van der Waals surface area contributed by atoms with Crippen LogP contribution in [0.4, 0.5) is 0 Å². The van der Waals surface area contributed by atoms with Gasteiger partial charge in [0, 0.05) is 32.4 Å². The Labute approximate surface area is 191 Å². The van der Waals surface area contributed by atoms with Gasteiger partial charge in [0.1, 0.15) is 6.10 Å². The minimum atomic E-state index is -0.172. The maximum atomic E-state index is 13.3. The second-order valence-electron chi connectivity index (χ2n) is 8.05. The molecule has 1 aromatic heterocycles. The lowest BCUT2D eigenvalue weighted by molar-refractivity contribution is -0.0691. The number of H-pyrrole nitrogens is 1. The maximum Gasteiger partial charge on any atom is 0.262 e. The molecule has 0 radical (unpaired) electrons. The summed E-state index contributed by atoms with van der Waals surface area (Å²) >= 11 is 5.39. The molecular weight excluding hydrogens is 426 g/mol. The van der Waals surface area contributed by atoms with Crippen molar-refractivity contribution >= 4 is 29.0 Å². The van der Waals surface area contributed by atoms with E-state index in [1.807, 2.05) is 42.2 Å². The van der Waals surface area contributed by atoms with Crippen molar-refractivity contribution in [3.8, 4) is 0 Å². The predicted molar refractivity (Wildman–Crippen MR) is 126 cm³/mol. The van der Waals surface area contributed by atoms with Gasteiger partial charge in [0.25, 0.3) is 11.5 Å². The third-order valence-electron chi connectivity index (χ3n) is 5.68. The van der Waals surface area contributed by atoms with Gasteiger partial charge in [-0.15, -0.1) is 0 Å². The van der Waals surface area contributed by atoms with E-state index in [2.05, 4.69) is 4.98 Å². The quantitative estimate of drug-likeness (QED) is 0.455. The van der Waals surface area contributed by atoms with Crippen LogP contribution in [-0.4, -0.2) is 53.3 Å². The zero-order valence-corrected chi connectivity index (χ0v) is 19.1. The van der Waals surface area contributed by atoms with Gasteiger partial charge < -0.3 is 19.4 Å². The average molecular weight is 454 g/mol. The van der Waals surface area contributed by atoms with Crippen LogP contribution in [0, 0.1) is 4.77 Å². The number of aromatic amines is 1. The number of aromatic nitrogens is 2. The lowest BCUT2D eigenvalue weighted by Crippen LogP contribution is -2.46. The summed E-state index contributed by atoms with van der Waals surface area (Å²) in [7, 11) is 1.62. The number of nitrogens with one attached hydrogen (secondary N) is 1. The molecule has 0 spiro atoms. The van der Waals surface area contributed by atoms with Gasteiger partial charge in [-0.1, -0.05) is 30.3 Å². The molecule has 2 aromatic carbocycles. The fourth-order valence-corrected chi connectivity index (χ4v) is 4.39. The highest BCUT2D eigenvalue weighted by Gasteiger charge is 2.30. The molecule has 3 aromatic rings. The Morgan fingerprint density at radius 3 is 2.75 bits per heavy atom. The zero-order chi connectivity index (χ0) is 22.7. The number of methoxy groups -OCH3 is 1. The summed E-state index contributed by atoms with van der Waals surface area (Å²) in [6, 6.07) is 15.0. The minimum absolute atomic E-state index is 0.0801. The highest BCUT2D eigenvalue weighted by molar-refractivity contribution is 7.71. The molecule has 1 saturated heterocycles. The topological polar surface area (TPSA) is 76.6 Å². The van der Waals surface area contributed by atoms with Crippen LogP contribution >= 0.6 is 12.2 Å². The van der Waals surface area contributed by atoms with Crippen molar-refractivity contribution in [1.82, 2.24) is 14.5 Å². The minimum Gasteiger partial charge on any atom is -0.385 e. The van der Waals surface area contributed by atoms with Crippen LogP contribution in [0.5, 0.6) is 0 Å². The molecule has 8 heteroatoms. The van der Waals surface area contributed by atoms with Crippen LogP contribution in [-0.2, 0) is 16.0 Å². The summed E-state index contributed by atoms with van der Waals surface area (Å²) < 4.78 is 13.0. The molecule has 0 aliphatic carbocycles. The molecule has 1 aliphatic heterocycles. The van der Waals surface area contributed by atoms with Crippen molar-refractivity contribution in [3.63, 3.8) is 0 Å². The van der Waals surface area contributed by atoms with Crippen molar-refractivity contribution in [1.29, 1.82) is 0 Å². The van der Waals surface area contributed by atoms with E-state index in [-0.39, 0.29) is 23.7 Å². The molecule has 7 nitrogen and oxygen atoms in total. The summed E-state index contributed by atoms with van der Waals surface area (Å²) in [4.78, 5) is 31.1. The van der Waals surface area contributed by atoms with Crippen LogP contribution in [0.1, 0.15) is 35.4 Å². The van der Waals surface area contributed by atoms with E-state index in [9.17, 15) is 9.59 Å². The van der Waals surface area contributed by atoms with Gasteiger partial charge in [0.15, 0.2) is 4.77 Å². The molecule has 0 bridgehead atoms. The van der Waals surface area contributed by atoms with Crippen LogP contribution in [0.25, 0.3) is 10.9 Å². The number of morpholine rings is 1. The van der Waals surface area contributed by atoms with Crippen LogP contribution in [0.3, 0.4) is 0 Å². The Bertz CT molecular complexity index is 1220. The van der Waals surface area contributed by atoms with Crippen molar-refractivity contribution < 1.29 is 14.3 Å². The molecule has 1 aliphatic rings. The molecule has 1 N–H and O–H groups in total. The van der Waals surface area contributed by atoms with E-state index in [0.29, 0.717) is 53.9 Å². The smallest absolute Gasteiger partial charge is 0.262 e. The molecule has 168 valence electrons. The van der Waals surface area contributed by atoms with Crippen LogP contribution < -0.4 is 5.56 Å². The summed E-state index contributed by atoms with van der Waals surface area (Å²) in [6.45, 7) is 3.98. The molecular formula is C24H27N3O4S. The molecule has 1 amide bonds. The van der Waals surface area contributed by atoms with Crippen molar-refractivity contribution in [3.05, 3.63) is 74.8 Å². The number of ether oxygens (including phenoxy) is 2. The standard InChI is InChI=1S/C24H27N3O4S/c1-16-14-26(15-21(31-16)17-7-4-3-5-8-17)22(28)18-9-10-19-20(13-18)25-24(32)27(23(19)29)11-6-12-30-2/h3-5,7-10,13,16,21H,6,11-12,14-15H2,1-2H3,(H,25,32). The van der Waals surface area contributed by atoms with Crippen molar-refractivity contribution in [2.45, 2.75) is 32.1 Å². The number of nitrogens with zero attached hydrogens (tertiary/aromatic N) is 2. The Kier molecular flexibility index (Phi) is 6.83. The third kappa shape index (κ3) is 4.67. The Hall–Kier alpha value is -2.81. The Morgan fingerprint density at radius 1 is 1.22 bits per heavy atom. The summed E-state index contributed by atoms with van der Waals surface area (Å²) in [5.41, 5.74) is 1.96. The molecule has 0 saturated carbocycles. The highest BCUT2D eigenvalue weighted by Crippen LogP contribution is 2.26. The van der Waals surface area contributed by atoms with Gasteiger partial charge in [-0.2, -0.15) is 0 Å². The van der Waals surface area contributed by atoms with Crippen LogP contribution in [0.15, 0.2) is 53.3 Å². The van der Waals surface area contributed by atoms with Gasteiger partial charge in [-0.3, -0.25) is 14.2 Å². The highest BCUT2D eigenvalue weighted by atomic mass is 32.1. The van der Waals surface area contributed by atoms with Gasteiger partial charge >= 0.3 is 0 Å². The number of hydrogen-bond donors (Lipinski definition) is 1. The van der Waals surface area contributed by atoms with Gasteiger partial charge in [-0.05, 0) is 49.3 Å². The average Bonchev–Trinajstić information content (AvgIpc) is 2.80. The number of amides is 1. The fraction of sp³-hybridized carbons (Fsp3) is 0.375. The number of hydrogen-bond acceptors (Lipinski definition) is 5. The summed E-state index contributed by atoms with van der Waals surface area (Å²) in [5, 5.41) is 0.505. The molecule has 1 fully saturated rings. The largest absolute Gasteiger partial charge is 0.385 e. The van der Waals surface area contributed by atoms with E-state index >= 15 is 0 Å². The third-order valence-corrected chi connectivity index (χ3v) is 6.00. The predicted octanol–water partition coefficient (Wildman–Crippen LogP) is 3.70. The molecule has 2 unspecified atom stereocenters. The van der Waals surface area contributed by atoms with Crippen molar-refractivity contribution in [2.24, 2.45) is 0 Å². The summed E-state index contributed by atoms with van der Waals surface area (Å²) in [5.74, 6) is -0.0911. The summed E-state index contributed by atoms with van der Waals surface area (Å²) in [6.07, 6.45) is 0.436. The SMILES string of the molecule is COCCCn1c(=S)[nH]c2cc(C(=O)N3CC(C)OC(c4ccccc4)C3)ccc2c1=O. The monoisotopic (exact) mass is 453 g/mol.